The van der Waals surface area contributed by atoms with Crippen molar-refractivity contribution >= 4 is 72.5 Å². The lowest BCUT2D eigenvalue weighted by atomic mass is 10.2. The average molecular weight is 353 g/mol. The summed E-state index contributed by atoms with van der Waals surface area (Å²) in [6, 6.07) is 8.95. The summed E-state index contributed by atoms with van der Waals surface area (Å²) in [5.74, 6) is -0.189. The van der Waals surface area contributed by atoms with Crippen LogP contribution < -0.4 is 11.1 Å². The Kier molecular flexibility index (Phi) is 3.95. The molecule has 2 aromatic heterocycles. The molecule has 2 heterocycles. The first kappa shape index (κ1) is 14.5. The van der Waals surface area contributed by atoms with E-state index in [1.54, 1.807) is 29.5 Å². The fourth-order valence-electron chi connectivity index (χ4n) is 1.84. The van der Waals surface area contributed by atoms with Gasteiger partial charge in [-0.15, -0.1) is 22.7 Å². The number of carbonyl (C=O) groups is 1. The quantitative estimate of drug-likeness (QED) is 0.682. The third-order valence-electron chi connectivity index (χ3n) is 2.86. The molecule has 0 atom stereocenters. The lowest BCUT2D eigenvalue weighted by Crippen LogP contribution is -2.13. The number of amides is 1. The van der Waals surface area contributed by atoms with Crippen molar-refractivity contribution in [2.45, 2.75) is 0 Å². The van der Waals surface area contributed by atoms with Crippen LogP contribution in [0, 0.1) is 0 Å². The Hall–Kier alpha value is -1.47. The summed E-state index contributed by atoms with van der Waals surface area (Å²) in [7, 11) is 0. The topological polar surface area (TPSA) is 55.1 Å². The van der Waals surface area contributed by atoms with Gasteiger partial charge in [0.1, 0.15) is 4.99 Å². The molecule has 0 aliphatic carbocycles. The maximum Gasteiger partial charge on any atom is 0.265 e. The van der Waals surface area contributed by atoms with Gasteiger partial charge in [-0.2, -0.15) is 0 Å². The molecule has 0 aliphatic heterocycles. The van der Waals surface area contributed by atoms with Gasteiger partial charge in [0.2, 0.25) is 0 Å². The van der Waals surface area contributed by atoms with Crippen molar-refractivity contribution in [1.82, 2.24) is 0 Å². The van der Waals surface area contributed by atoms with E-state index < -0.39 is 0 Å². The van der Waals surface area contributed by atoms with Crippen LogP contribution in [-0.4, -0.2) is 10.9 Å². The monoisotopic (exact) mass is 352 g/mol. The van der Waals surface area contributed by atoms with Crippen LogP contribution in [-0.2, 0) is 0 Å². The molecular weight excluding hydrogens is 344 g/mol. The second kappa shape index (κ2) is 5.73. The number of benzene rings is 1. The lowest BCUT2D eigenvalue weighted by Gasteiger charge is -2.08. The molecule has 3 nitrogen and oxygen atoms in total. The Morgan fingerprint density at radius 3 is 2.76 bits per heavy atom. The van der Waals surface area contributed by atoms with Crippen molar-refractivity contribution in [3.63, 3.8) is 0 Å². The van der Waals surface area contributed by atoms with Crippen molar-refractivity contribution in [3.05, 3.63) is 51.2 Å². The Bertz CT molecular complexity index is 824. The molecule has 0 unspecified atom stereocenters. The molecule has 0 bridgehead atoms. The molecule has 0 saturated carbocycles. The number of nitrogens with two attached hydrogens (primary N) is 1. The molecule has 3 aromatic rings. The molecule has 0 aliphatic rings. The molecule has 21 heavy (non-hydrogen) atoms. The predicted molar refractivity (Wildman–Crippen MR) is 95.0 cm³/mol. The average Bonchev–Trinajstić information content (AvgIpc) is 3.01. The van der Waals surface area contributed by atoms with Crippen LogP contribution in [0.2, 0.25) is 5.02 Å². The fourth-order valence-corrected chi connectivity index (χ4v) is 4.13. The van der Waals surface area contributed by atoms with Gasteiger partial charge in [-0.05, 0) is 29.6 Å². The highest BCUT2D eigenvalue weighted by molar-refractivity contribution is 7.80. The van der Waals surface area contributed by atoms with Crippen molar-refractivity contribution < 1.29 is 4.79 Å². The highest BCUT2D eigenvalue weighted by atomic mass is 35.5. The zero-order valence-electron chi connectivity index (χ0n) is 10.6. The number of fused-ring (bicyclic) bond motifs is 1. The van der Waals surface area contributed by atoms with Crippen LogP contribution in [0.15, 0.2) is 35.7 Å². The summed E-state index contributed by atoms with van der Waals surface area (Å²) in [6.07, 6.45) is 0. The summed E-state index contributed by atoms with van der Waals surface area (Å²) in [5, 5.41) is 5.25. The second-order valence-corrected chi connectivity index (χ2v) is 7.15. The lowest BCUT2D eigenvalue weighted by molar-refractivity contribution is 0.103. The van der Waals surface area contributed by atoms with E-state index in [-0.39, 0.29) is 10.9 Å². The van der Waals surface area contributed by atoms with Gasteiger partial charge >= 0.3 is 0 Å². The maximum atomic E-state index is 12.3. The highest BCUT2D eigenvalue weighted by Crippen LogP contribution is 2.31. The van der Waals surface area contributed by atoms with Crippen LogP contribution in [0.5, 0.6) is 0 Å². The number of thiophene rings is 2. The minimum atomic E-state index is -0.189. The number of thiocarbonyl (C=S) groups is 1. The van der Waals surface area contributed by atoms with Gasteiger partial charge < -0.3 is 11.1 Å². The number of hydrogen-bond acceptors (Lipinski definition) is 4. The van der Waals surface area contributed by atoms with E-state index >= 15 is 0 Å². The number of hydrogen-bond donors (Lipinski definition) is 2. The minimum Gasteiger partial charge on any atom is -0.389 e. The van der Waals surface area contributed by atoms with Gasteiger partial charge in [-0.1, -0.05) is 29.9 Å². The van der Waals surface area contributed by atoms with Gasteiger partial charge in [0.15, 0.2) is 0 Å². The van der Waals surface area contributed by atoms with E-state index in [9.17, 15) is 4.79 Å². The molecule has 3 rings (SSSR count). The minimum absolute atomic E-state index is 0.189. The van der Waals surface area contributed by atoms with Gasteiger partial charge in [-0.3, -0.25) is 4.79 Å². The molecule has 1 aromatic carbocycles. The van der Waals surface area contributed by atoms with Crippen molar-refractivity contribution in [2.24, 2.45) is 5.73 Å². The van der Waals surface area contributed by atoms with Gasteiger partial charge in [0.25, 0.3) is 5.91 Å². The van der Waals surface area contributed by atoms with E-state index in [1.165, 1.54) is 11.3 Å². The summed E-state index contributed by atoms with van der Waals surface area (Å²) in [5.41, 5.74) is 6.76. The highest BCUT2D eigenvalue weighted by Gasteiger charge is 2.13. The third kappa shape index (κ3) is 2.94. The molecule has 106 valence electrons. The smallest absolute Gasteiger partial charge is 0.265 e. The van der Waals surface area contributed by atoms with Crippen molar-refractivity contribution in [1.29, 1.82) is 0 Å². The Balaban J connectivity index is 1.88. The Morgan fingerprint density at radius 2 is 2.05 bits per heavy atom. The SMILES string of the molecule is NC(=S)c1ccc(Cl)c(NC(=O)c2cc3sccc3s2)c1. The first-order valence-electron chi connectivity index (χ1n) is 5.92. The number of rotatable bonds is 3. The van der Waals surface area contributed by atoms with E-state index in [1.807, 2.05) is 17.5 Å². The number of halogens is 1. The van der Waals surface area contributed by atoms with Gasteiger partial charge in [0.05, 0.1) is 15.6 Å². The third-order valence-corrected chi connectivity index (χ3v) is 5.52. The first-order chi connectivity index (χ1) is 10.0. The van der Waals surface area contributed by atoms with Crippen molar-refractivity contribution in [3.8, 4) is 0 Å². The molecule has 0 radical (unpaired) electrons. The summed E-state index contributed by atoms with van der Waals surface area (Å²) in [6.45, 7) is 0. The van der Waals surface area contributed by atoms with E-state index in [0.29, 0.717) is 21.2 Å². The summed E-state index contributed by atoms with van der Waals surface area (Å²) in [4.78, 5) is 13.2. The van der Waals surface area contributed by atoms with Crippen LogP contribution in [0.4, 0.5) is 5.69 Å². The van der Waals surface area contributed by atoms with E-state index in [4.69, 9.17) is 29.6 Å². The number of nitrogens with one attached hydrogen (secondary N) is 1. The van der Waals surface area contributed by atoms with Crippen LogP contribution in [0.3, 0.4) is 0 Å². The Morgan fingerprint density at radius 1 is 1.24 bits per heavy atom. The van der Waals surface area contributed by atoms with Crippen LogP contribution in [0.1, 0.15) is 15.2 Å². The molecule has 0 spiro atoms. The largest absolute Gasteiger partial charge is 0.389 e. The summed E-state index contributed by atoms with van der Waals surface area (Å²) >= 11 is 14.1. The standard InChI is InChI=1S/C14H9ClN2OS3/c15-8-2-1-7(13(16)19)5-9(8)17-14(18)12-6-11-10(21-12)3-4-20-11/h1-6H,(H2,16,19)(H,17,18). The number of carbonyl (C=O) groups excluding carboxylic acids is 1. The van der Waals surface area contributed by atoms with Gasteiger partial charge in [0, 0.05) is 15.0 Å². The zero-order chi connectivity index (χ0) is 15.0. The van der Waals surface area contributed by atoms with Crippen LogP contribution in [0.25, 0.3) is 9.40 Å². The first-order valence-corrected chi connectivity index (χ1v) is 8.40. The molecule has 3 N–H and O–H groups in total. The zero-order valence-corrected chi connectivity index (χ0v) is 13.8. The van der Waals surface area contributed by atoms with E-state index in [2.05, 4.69) is 5.32 Å². The molecule has 1 amide bonds. The maximum absolute atomic E-state index is 12.3. The van der Waals surface area contributed by atoms with Crippen molar-refractivity contribution in [2.75, 3.05) is 5.32 Å². The number of anilines is 1. The molecule has 7 heteroatoms. The van der Waals surface area contributed by atoms with Crippen LogP contribution >= 0.6 is 46.5 Å². The molecular formula is C14H9ClN2OS3. The van der Waals surface area contributed by atoms with Gasteiger partial charge in [-0.25, -0.2) is 0 Å². The fraction of sp³-hybridized carbons (Fsp3) is 0. The summed E-state index contributed by atoms with van der Waals surface area (Å²) < 4.78 is 2.21. The Labute approximate surface area is 139 Å². The molecule has 0 saturated heterocycles. The second-order valence-electron chi connectivity index (χ2n) is 4.27. The van der Waals surface area contributed by atoms with E-state index in [0.717, 1.165) is 9.40 Å². The molecule has 0 fully saturated rings. The predicted octanol–water partition coefficient (Wildman–Crippen LogP) is 4.50. The normalized spacial score (nSPS) is 10.7.